The summed E-state index contributed by atoms with van der Waals surface area (Å²) in [6.07, 6.45) is 4.24. The van der Waals surface area contributed by atoms with Crippen LogP contribution < -0.4 is 4.90 Å². The Morgan fingerprint density at radius 1 is 1.35 bits per heavy atom. The third kappa shape index (κ3) is 3.25. The van der Waals surface area contributed by atoms with Crippen LogP contribution >= 0.6 is 31.9 Å². The van der Waals surface area contributed by atoms with Gasteiger partial charge in [-0.25, -0.2) is 0 Å². The monoisotopic (exact) mass is 359 g/mol. The van der Waals surface area contributed by atoms with Crippen LogP contribution in [0.15, 0.2) is 22.7 Å². The quantitative estimate of drug-likeness (QED) is 0.670. The molecule has 0 N–H and O–H groups in total. The van der Waals surface area contributed by atoms with E-state index >= 15 is 0 Å². The Morgan fingerprint density at radius 3 is 2.59 bits per heavy atom. The van der Waals surface area contributed by atoms with Crippen LogP contribution in [0, 0.1) is 5.92 Å². The lowest BCUT2D eigenvalue weighted by molar-refractivity contribution is 0.318. The standard InChI is InChI=1S/C14H19Br2N/c1-2-17(10-11-4-3-5-11)14-7-6-12(9-15)8-13(14)16/h6-8,11H,2-5,9-10H2,1H3. The molecule has 1 saturated carbocycles. The summed E-state index contributed by atoms with van der Waals surface area (Å²) in [6, 6.07) is 6.66. The van der Waals surface area contributed by atoms with E-state index in [1.54, 1.807) is 0 Å². The zero-order valence-corrected chi connectivity index (χ0v) is 13.4. The first kappa shape index (κ1) is 13.4. The molecule has 0 spiro atoms. The summed E-state index contributed by atoms with van der Waals surface area (Å²) in [5.41, 5.74) is 2.66. The van der Waals surface area contributed by atoms with Crippen molar-refractivity contribution in [3.63, 3.8) is 0 Å². The molecular weight excluding hydrogens is 342 g/mol. The molecule has 0 saturated heterocycles. The van der Waals surface area contributed by atoms with Crippen LogP contribution in [0.3, 0.4) is 0 Å². The average molecular weight is 361 g/mol. The zero-order chi connectivity index (χ0) is 12.3. The van der Waals surface area contributed by atoms with E-state index in [1.165, 1.54) is 41.5 Å². The minimum absolute atomic E-state index is 0.915. The largest absolute Gasteiger partial charge is 0.371 e. The summed E-state index contributed by atoms with van der Waals surface area (Å²) in [4.78, 5) is 2.49. The number of halogens is 2. The van der Waals surface area contributed by atoms with Crippen molar-refractivity contribution in [1.29, 1.82) is 0 Å². The molecule has 1 aliphatic rings. The van der Waals surface area contributed by atoms with Gasteiger partial charge in [-0.05, 0) is 59.3 Å². The van der Waals surface area contributed by atoms with Crippen LogP contribution in [-0.4, -0.2) is 13.1 Å². The minimum Gasteiger partial charge on any atom is -0.371 e. The van der Waals surface area contributed by atoms with Gasteiger partial charge >= 0.3 is 0 Å². The molecule has 0 amide bonds. The van der Waals surface area contributed by atoms with Gasteiger partial charge < -0.3 is 4.90 Å². The highest BCUT2D eigenvalue weighted by atomic mass is 79.9. The topological polar surface area (TPSA) is 3.24 Å². The number of anilines is 1. The van der Waals surface area contributed by atoms with Gasteiger partial charge in [0.15, 0.2) is 0 Å². The molecule has 1 aromatic rings. The van der Waals surface area contributed by atoms with E-state index in [9.17, 15) is 0 Å². The second-order valence-corrected chi connectivity index (χ2v) is 6.17. The average Bonchev–Trinajstić information content (AvgIpc) is 2.29. The van der Waals surface area contributed by atoms with Crippen LogP contribution in [0.1, 0.15) is 31.7 Å². The minimum atomic E-state index is 0.915. The summed E-state index contributed by atoms with van der Waals surface area (Å²) < 4.78 is 1.22. The lowest BCUT2D eigenvalue weighted by atomic mass is 9.85. The third-order valence-electron chi connectivity index (χ3n) is 3.59. The van der Waals surface area contributed by atoms with Crippen LogP contribution in [0.2, 0.25) is 0 Å². The third-order valence-corrected chi connectivity index (χ3v) is 4.87. The van der Waals surface area contributed by atoms with Crippen molar-refractivity contribution >= 4 is 37.5 Å². The first-order valence-corrected chi connectivity index (χ1v) is 8.25. The van der Waals surface area contributed by atoms with E-state index < -0.39 is 0 Å². The normalized spacial score (nSPS) is 15.7. The first-order chi connectivity index (χ1) is 8.24. The molecule has 0 heterocycles. The molecule has 0 bridgehead atoms. The van der Waals surface area contributed by atoms with Crippen LogP contribution in [-0.2, 0) is 5.33 Å². The van der Waals surface area contributed by atoms with E-state index in [4.69, 9.17) is 0 Å². The van der Waals surface area contributed by atoms with Crippen molar-refractivity contribution in [1.82, 2.24) is 0 Å². The summed E-state index contributed by atoms with van der Waals surface area (Å²) in [5, 5.41) is 0.917. The van der Waals surface area contributed by atoms with Crippen LogP contribution in [0.4, 0.5) is 5.69 Å². The Hall–Kier alpha value is -0.0200. The highest BCUT2D eigenvalue weighted by Gasteiger charge is 2.21. The van der Waals surface area contributed by atoms with Crippen LogP contribution in [0.5, 0.6) is 0 Å². The molecule has 2 rings (SSSR count). The zero-order valence-electron chi connectivity index (χ0n) is 10.3. The fraction of sp³-hybridized carbons (Fsp3) is 0.571. The predicted octanol–water partition coefficient (Wildman–Crippen LogP) is 4.97. The highest BCUT2D eigenvalue weighted by Crippen LogP contribution is 2.32. The fourth-order valence-electron chi connectivity index (χ4n) is 2.27. The number of nitrogens with zero attached hydrogens (tertiary/aromatic N) is 1. The fourth-order valence-corrected chi connectivity index (χ4v) is 3.30. The molecule has 94 valence electrons. The SMILES string of the molecule is CCN(CC1CCC1)c1ccc(CBr)cc1Br. The smallest absolute Gasteiger partial charge is 0.0510 e. The van der Waals surface area contributed by atoms with Gasteiger partial charge in [-0.1, -0.05) is 28.4 Å². The van der Waals surface area contributed by atoms with Crippen molar-refractivity contribution in [3.8, 4) is 0 Å². The van der Waals surface area contributed by atoms with Gasteiger partial charge in [-0.3, -0.25) is 0 Å². The van der Waals surface area contributed by atoms with E-state index in [0.29, 0.717) is 0 Å². The Labute approximate surface area is 121 Å². The summed E-state index contributed by atoms with van der Waals surface area (Å²) >= 11 is 7.19. The van der Waals surface area contributed by atoms with Gasteiger partial charge in [-0.2, -0.15) is 0 Å². The maximum atomic E-state index is 3.70. The van der Waals surface area contributed by atoms with E-state index in [0.717, 1.165) is 17.8 Å². The van der Waals surface area contributed by atoms with Crippen molar-refractivity contribution < 1.29 is 0 Å². The Morgan fingerprint density at radius 2 is 2.12 bits per heavy atom. The van der Waals surface area contributed by atoms with E-state index in [2.05, 4.69) is 61.9 Å². The lowest BCUT2D eigenvalue weighted by Gasteiger charge is -2.33. The van der Waals surface area contributed by atoms with Gasteiger partial charge in [-0.15, -0.1) is 0 Å². The Bertz CT molecular complexity index is 374. The predicted molar refractivity (Wildman–Crippen MR) is 82.0 cm³/mol. The van der Waals surface area contributed by atoms with Crippen molar-refractivity contribution in [2.45, 2.75) is 31.5 Å². The van der Waals surface area contributed by atoms with Gasteiger partial charge in [0, 0.05) is 22.9 Å². The maximum Gasteiger partial charge on any atom is 0.0510 e. The molecule has 17 heavy (non-hydrogen) atoms. The van der Waals surface area contributed by atoms with E-state index in [-0.39, 0.29) is 0 Å². The second-order valence-electron chi connectivity index (χ2n) is 4.75. The Kier molecular flexibility index (Phi) is 4.92. The second kappa shape index (κ2) is 6.24. The van der Waals surface area contributed by atoms with Gasteiger partial charge in [0.1, 0.15) is 0 Å². The van der Waals surface area contributed by atoms with Crippen molar-refractivity contribution in [3.05, 3.63) is 28.2 Å². The molecule has 0 unspecified atom stereocenters. The number of rotatable bonds is 5. The van der Waals surface area contributed by atoms with Gasteiger partial charge in [0.25, 0.3) is 0 Å². The van der Waals surface area contributed by atoms with Crippen LogP contribution in [0.25, 0.3) is 0 Å². The molecule has 3 heteroatoms. The molecule has 1 aromatic carbocycles. The molecule has 0 aromatic heterocycles. The molecule has 0 atom stereocenters. The Balaban J connectivity index is 2.11. The van der Waals surface area contributed by atoms with Gasteiger partial charge in [0.2, 0.25) is 0 Å². The number of alkyl halides is 1. The summed E-state index contributed by atoms with van der Waals surface area (Å²) in [6.45, 7) is 4.54. The van der Waals surface area contributed by atoms with Gasteiger partial charge in [0.05, 0.1) is 5.69 Å². The molecule has 1 fully saturated rings. The summed E-state index contributed by atoms with van der Waals surface area (Å²) in [5.74, 6) is 0.915. The highest BCUT2D eigenvalue weighted by molar-refractivity contribution is 9.10. The summed E-state index contributed by atoms with van der Waals surface area (Å²) in [7, 11) is 0. The first-order valence-electron chi connectivity index (χ1n) is 6.34. The molecule has 0 radical (unpaired) electrons. The number of hydrogen-bond acceptors (Lipinski definition) is 1. The molecule has 1 aliphatic carbocycles. The molecule has 1 nitrogen and oxygen atoms in total. The number of hydrogen-bond donors (Lipinski definition) is 0. The van der Waals surface area contributed by atoms with E-state index in [1.807, 2.05) is 0 Å². The maximum absolute atomic E-state index is 3.70. The lowest BCUT2D eigenvalue weighted by Crippen LogP contribution is -2.32. The molecular formula is C14H19Br2N. The number of benzene rings is 1. The van der Waals surface area contributed by atoms with Crippen molar-refractivity contribution in [2.24, 2.45) is 5.92 Å². The van der Waals surface area contributed by atoms with Crippen molar-refractivity contribution in [2.75, 3.05) is 18.0 Å². The molecule has 0 aliphatic heterocycles.